The average Bonchev–Trinajstić information content (AvgIpc) is 2.77. The molecule has 17 heavy (non-hydrogen) atoms. The summed E-state index contributed by atoms with van der Waals surface area (Å²) in [6.45, 7) is 0. The monoisotopic (exact) mass is 232 g/mol. The largest absolute Gasteiger partial charge is 0.347 e. The summed E-state index contributed by atoms with van der Waals surface area (Å²) in [5, 5.41) is 11.0. The Kier molecular flexibility index (Phi) is 3.08. The van der Waals surface area contributed by atoms with E-state index in [1.807, 2.05) is 12.1 Å². The van der Waals surface area contributed by atoms with Gasteiger partial charge in [-0.2, -0.15) is 0 Å². The van der Waals surface area contributed by atoms with E-state index in [4.69, 9.17) is 0 Å². The Hall–Kier alpha value is -2.31. The summed E-state index contributed by atoms with van der Waals surface area (Å²) in [5.41, 5.74) is 0.954. The molecule has 0 aliphatic rings. The standard InChI is InChI=1S/C10H12N6O/c1-15(2)10(17)16-9(12-13-14-16)6-8-4-3-5-11-7-8/h3-5,7H,6H2,1-2H3. The van der Waals surface area contributed by atoms with Crippen LogP contribution >= 0.6 is 0 Å². The normalized spacial score (nSPS) is 10.2. The van der Waals surface area contributed by atoms with E-state index in [-0.39, 0.29) is 6.03 Å². The number of pyridine rings is 1. The zero-order valence-corrected chi connectivity index (χ0v) is 9.61. The molecule has 7 heteroatoms. The lowest BCUT2D eigenvalue weighted by Gasteiger charge is -2.10. The third kappa shape index (κ3) is 2.44. The van der Waals surface area contributed by atoms with Gasteiger partial charge < -0.3 is 4.90 Å². The lowest BCUT2D eigenvalue weighted by molar-refractivity contribution is 0.214. The maximum atomic E-state index is 11.7. The summed E-state index contributed by atoms with van der Waals surface area (Å²) >= 11 is 0. The van der Waals surface area contributed by atoms with Gasteiger partial charge in [0.2, 0.25) is 0 Å². The van der Waals surface area contributed by atoms with E-state index in [1.165, 1.54) is 9.58 Å². The van der Waals surface area contributed by atoms with E-state index in [0.717, 1.165) is 5.56 Å². The van der Waals surface area contributed by atoms with Gasteiger partial charge in [-0.05, 0) is 22.1 Å². The number of rotatable bonds is 2. The van der Waals surface area contributed by atoms with Crippen LogP contribution in [0.2, 0.25) is 0 Å². The molecule has 2 heterocycles. The van der Waals surface area contributed by atoms with Crippen LogP contribution in [0.1, 0.15) is 11.4 Å². The number of amides is 1. The molecule has 0 aliphatic heterocycles. The fraction of sp³-hybridized carbons (Fsp3) is 0.300. The molecule has 0 unspecified atom stereocenters. The summed E-state index contributed by atoms with van der Waals surface area (Å²) in [5.74, 6) is 0.497. The van der Waals surface area contributed by atoms with Crippen LogP contribution in [0.3, 0.4) is 0 Å². The van der Waals surface area contributed by atoms with Crippen LogP contribution < -0.4 is 0 Å². The zero-order chi connectivity index (χ0) is 12.3. The highest BCUT2D eigenvalue weighted by Crippen LogP contribution is 2.04. The fourth-order valence-corrected chi connectivity index (χ4v) is 1.34. The van der Waals surface area contributed by atoms with Crippen molar-refractivity contribution in [2.75, 3.05) is 14.1 Å². The molecule has 2 aromatic rings. The van der Waals surface area contributed by atoms with Gasteiger partial charge in [-0.1, -0.05) is 6.07 Å². The minimum Gasteiger partial charge on any atom is -0.329 e. The molecular weight excluding hydrogens is 220 g/mol. The van der Waals surface area contributed by atoms with Crippen LogP contribution in [0.25, 0.3) is 0 Å². The molecule has 88 valence electrons. The molecule has 0 N–H and O–H groups in total. The Balaban J connectivity index is 2.23. The third-order valence-electron chi connectivity index (χ3n) is 2.18. The van der Waals surface area contributed by atoms with Crippen molar-refractivity contribution in [3.8, 4) is 0 Å². The van der Waals surface area contributed by atoms with Crippen molar-refractivity contribution in [1.82, 2.24) is 30.1 Å². The smallest absolute Gasteiger partial charge is 0.329 e. The van der Waals surface area contributed by atoms with Crippen LogP contribution in [-0.2, 0) is 6.42 Å². The number of aromatic nitrogens is 5. The van der Waals surface area contributed by atoms with E-state index < -0.39 is 0 Å². The summed E-state index contributed by atoms with van der Waals surface area (Å²) in [7, 11) is 3.30. The van der Waals surface area contributed by atoms with Gasteiger partial charge in [-0.3, -0.25) is 4.98 Å². The minimum atomic E-state index is -0.270. The van der Waals surface area contributed by atoms with Gasteiger partial charge in [0, 0.05) is 32.9 Å². The van der Waals surface area contributed by atoms with Gasteiger partial charge >= 0.3 is 6.03 Å². The first-order valence-corrected chi connectivity index (χ1v) is 5.06. The summed E-state index contributed by atoms with van der Waals surface area (Å²) < 4.78 is 1.19. The quantitative estimate of drug-likeness (QED) is 0.691. The van der Waals surface area contributed by atoms with Gasteiger partial charge in [-0.25, -0.2) is 4.79 Å². The van der Waals surface area contributed by atoms with Gasteiger partial charge in [0.25, 0.3) is 0 Å². The molecule has 0 atom stereocenters. The summed E-state index contributed by atoms with van der Waals surface area (Å²) in [4.78, 5) is 17.2. The van der Waals surface area contributed by atoms with Crippen molar-refractivity contribution >= 4 is 6.03 Å². The van der Waals surface area contributed by atoms with Crippen molar-refractivity contribution in [3.05, 3.63) is 35.9 Å². The van der Waals surface area contributed by atoms with E-state index in [0.29, 0.717) is 12.2 Å². The van der Waals surface area contributed by atoms with Crippen LogP contribution in [-0.4, -0.2) is 50.2 Å². The molecule has 2 rings (SSSR count). The first kappa shape index (κ1) is 11.2. The molecule has 0 aliphatic carbocycles. The molecular formula is C10H12N6O. The van der Waals surface area contributed by atoms with Crippen LogP contribution in [0.4, 0.5) is 4.79 Å². The SMILES string of the molecule is CN(C)C(=O)n1nnnc1Cc1cccnc1. The average molecular weight is 232 g/mol. The molecule has 0 spiro atoms. The number of tetrazole rings is 1. The highest BCUT2D eigenvalue weighted by Gasteiger charge is 2.15. The van der Waals surface area contributed by atoms with E-state index in [2.05, 4.69) is 20.5 Å². The second-order valence-corrected chi connectivity index (χ2v) is 3.72. The van der Waals surface area contributed by atoms with Crippen LogP contribution in [0.5, 0.6) is 0 Å². The molecule has 0 aromatic carbocycles. The van der Waals surface area contributed by atoms with Crippen molar-refractivity contribution < 1.29 is 4.79 Å². The Labute approximate surface area is 98.1 Å². The molecule has 1 amide bonds. The van der Waals surface area contributed by atoms with E-state index in [9.17, 15) is 4.79 Å². The number of carbonyl (C=O) groups is 1. The molecule has 7 nitrogen and oxygen atoms in total. The van der Waals surface area contributed by atoms with Gasteiger partial charge in [0.05, 0.1) is 0 Å². The lowest BCUT2D eigenvalue weighted by Crippen LogP contribution is -2.29. The molecule has 0 fully saturated rings. The third-order valence-corrected chi connectivity index (χ3v) is 2.18. The first-order chi connectivity index (χ1) is 8.18. The number of carbonyl (C=O) groups excluding carboxylic acids is 1. The summed E-state index contributed by atoms with van der Waals surface area (Å²) in [6, 6.07) is 3.47. The van der Waals surface area contributed by atoms with Gasteiger partial charge in [0.1, 0.15) is 0 Å². The second-order valence-electron chi connectivity index (χ2n) is 3.72. The highest BCUT2D eigenvalue weighted by molar-refractivity contribution is 5.75. The fourth-order valence-electron chi connectivity index (χ4n) is 1.34. The summed E-state index contributed by atoms with van der Waals surface area (Å²) in [6.07, 6.45) is 3.89. The number of hydrogen-bond acceptors (Lipinski definition) is 5. The minimum absolute atomic E-state index is 0.270. The number of hydrogen-bond donors (Lipinski definition) is 0. The molecule has 0 bridgehead atoms. The lowest BCUT2D eigenvalue weighted by atomic mass is 10.2. The van der Waals surface area contributed by atoms with E-state index in [1.54, 1.807) is 26.5 Å². The number of nitrogens with zero attached hydrogens (tertiary/aromatic N) is 6. The zero-order valence-electron chi connectivity index (χ0n) is 9.61. The van der Waals surface area contributed by atoms with Crippen LogP contribution in [0, 0.1) is 0 Å². The molecule has 0 saturated heterocycles. The predicted molar refractivity (Wildman–Crippen MR) is 59.3 cm³/mol. The Morgan fingerprint density at radius 1 is 1.47 bits per heavy atom. The van der Waals surface area contributed by atoms with E-state index >= 15 is 0 Å². The van der Waals surface area contributed by atoms with Crippen molar-refractivity contribution in [2.45, 2.75) is 6.42 Å². The Morgan fingerprint density at radius 3 is 2.94 bits per heavy atom. The maximum Gasteiger partial charge on any atom is 0.347 e. The van der Waals surface area contributed by atoms with Crippen molar-refractivity contribution in [2.24, 2.45) is 0 Å². The first-order valence-electron chi connectivity index (χ1n) is 5.06. The highest BCUT2D eigenvalue weighted by atomic mass is 16.2. The molecule has 2 aromatic heterocycles. The van der Waals surface area contributed by atoms with Gasteiger partial charge in [0.15, 0.2) is 5.82 Å². The topological polar surface area (TPSA) is 76.8 Å². The maximum absolute atomic E-state index is 11.7. The van der Waals surface area contributed by atoms with Gasteiger partial charge in [-0.15, -0.1) is 9.78 Å². The Morgan fingerprint density at radius 2 is 2.29 bits per heavy atom. The van der Waals surface area contributed by atoms with Crippen molar-refractivity contribution in [1.29, 1.82) is 0 Å². The Bertz CT molecular complexity index is 507. The molecule has 0 radical (unpaired) electrons. The second kappa shape index (κ2) is 4.69. The molecule has 0 saturated carbocycles. The van der Waals surface area contributed by atoms with Crippen LogP contribution in [0.15, 0.2) is 24.5 Å². The van der Waals surface area contributed by atoms with Crippen molar-refractivity contribution in [3.63, 3.8) is 0 Å². The predicted octanol–water partition coefficient (Wildman–Crippen LogP) is 0.189.